The number of rotatable bonds is 1. The normalized spacial score (nSPS) is 16.8. The van der Waals surface area contributed by atoms with E-state index >= 15 is 0 Å². The summed E-state index contributed by atoms with van der Waals surface area (Å²) in [6.45, 7) is 1.90. The Morgan fingerprint density at radius 2 is 2.47 bits per heavy atom. The maximum atomic E-state index is 12.0. The molecule has 0 bridgehead atoms. The van der Waals surface area contributed by atoms with E-state index < -0.39 is 0 Å². The molecule has 82 valence electrons. The molecule has 0 aliphatic carbocycles. The molecule has 1 amide bonds. The molecule has 5 nitrogen and oxygen atoms in total. The number of halogens is 1. The molecule has 0 aromatic carbocycles. The quantitative estimate of drug-likeness (QED) is 0.721. The van der Waals surface area contributed by atoms with Crippen LogP contribution in [0.1, 0.15) is 16.8 Å². The molecular formula is C9H12IN3O2. The zero-order valence-electron chi connectivity index (χ0n) is 8.44. The van der Waals surface area contributed by atoms with Gasteiger partial charge in [0.1, 0.15) is 10.4 Å². The van der Waals surface area contributed by atoms with Gasteiger partial charge in [0.25, 0.3) is 5.91 Å². The molecule has 2 heterocycles. The Morgan fingerprint density at radius 1 is 1.67 bits per heavy atom. The molecule has 2 rings (SSSR count). The number of ether oxygens (including phenoxy) is 1. The summed E-state index contributed by atoms with van der Waals surface area (Å²) < 4.78 is 7.80. The van der Waals surface area contributed by atoms with Crippen LogP contribution in [0.2, 0.25) is 0 Å². The molecule has 1 fully saturated rings. The van der Waals surface area contributed by atoms with Crippen LogP contribution in [0, 0.1) is 3.70 Å². The Labute approximate surface area is 102 Å². The number of aryl methyl sites for hydroxylation is 1. The zero-order chi connectivity index (χ0) is 10.8. The molecule has 15 heavy (non-hydrogen) atoms. The predicted molar refractivity (Wildman–Crippen MR) is 62.4 cm³/mol. The Balaban J connectivity index is 2.16. The van der Waals surface area contributed by atoms with Crippen LogP contribution < -0.4 is 0 Å². The topological polar surface area (TPSA) is 47.4 Å². The smallest absolute Gasteiger partial charge is 0.259 e. The molecule has 1 aromatic heterocycles. The van der Waals surface area contributed by atoms with Crippen LogP contribution in [-0.4, -0.2) is 40.5 Å². The number of hydrogen-bond donors (Lipinski definition) is 0. The fourth-order valence-corrected chi connectivity index (χ4v) is 1.99. The summed E-state index contributed by atoms with van der Waals surface area (Å²) >= 11 is 2.12. The van der Waals surface area contributed by atoms with E-state index in [4.69, 9.17) is 4.74 Å². The van der Waals surface area contributed by atoms with Gasteiger partial charge in [0.05, 0.1) is 18.4 Å². The summed E-state index contributed by atoms with van der Waals surface area (Å²) in [5.41, 5.74) is 0.656. The van der Waals surface area contributed by atoms with Crippen LogP contribution in [0.25, 0.3) is 0 Å². The van der Waals surface area contributed by atoms with Gasteiger partial charge in [0.15, 0.2) is 0 Å². The molecule has 0 radical (unpaired) electrons. The third-order valence-electron chi connectivity index (χ3n) is 2.35. The van der Waals surface area contributed by atoms with Gasteiger partial charge < -0.3 is 9.64 Å². The summed E-state index contributed by atoms with van der Waals surface area (Å²) in [4.78, 5) is 13.7. The third-order valence-corrected chi connectivity index (χ3v) is 3.63. The van der Waals surface area contributed by atoms with E-state index in [1.807, 2.05) is 7.05 Å². The van der Waals surface area contributed by atoms with Gasteiger partial charge in [0, 0.05) is 13.6 Å². The van der Waals surface area contributed by atoms with E-state index in [0.717, 1.165) is 23.3 Å². The lowest BCUT2D eigenvalue weighted by Crippen LogP contribution is -2.38. The minimum atomic E-state index is 0.00667. The zero-order valence-corrected chi connectivity index (χ0v) is 10.6. The van der Waals surface area contributed by atoms with E-state index in [0.29, 0.717) is 12.3 Å². The third kappa shape index (κ3) is 2.15. The molecule has 1 saturated heterocycles. The monoisotopic (exact) mass is 321 g/mol. The Hall–Kier alpha value is -0.630. The fourth-order valence-electron chi connectivity index (χ4n) is 1.49. The average Bonchev–Trinajstić information content (AvgIpc) is 2.60. The molecule has 0 N–H and O–H groups in total. The van der Waals surface area contributed by atoms with Gasteiger partial charge in [-0.25, -0.2) is 0 Å². The van der Waals surface area contributed by atoms with Crippen LogP contribution in [-0.2, 0) is 11.8 Å². The Morgan fingerprint density at radius 3 is 3.00 bits per heavy atom. The van der Waals surface area contributed by atoms with Crippen molar-refractivity contribution in [1.29, 1.82) is 0 Å². The molecule has 0 atom stereocenters. The van der Waals surface area contributed by atoms with Crippen molar-refractivity contribution in [3.63, 3.8) is 0 Å². The van der Waals surface area contributed by atoms with Crippen molar-refractivity contribution in [3.8, 4) is 0 Å². The predicted octanol–water partition coefficient (Wildman–Crippen LogP) is 0.845. The van der Waals surface area contributed by atoms with Gasteiger partial charge in [-0.2, -0.15) is 5.10 Å². The standard InChI is InChI=1S/C9H12IN3O2/c1-12-8(10)7(5-11-12)9(14)13-3-2-4-15-6-13/h5H,2-4,6H2,1H3. The molecule has 1 aliphatic rings. The van der Waals surface area contributed by atoms with Crippen molar-refractivity contribution in [3.05, 3.63) is 15.5 Å². The highest BCUT2D eigenvalue weighted by Gasteiger charge is 2.22. The molecule has 6 heteroatoms. The average molecular weight is 321 g/mol. The lowest BCUT2D eigenvalue weighted by atomic mass is 10.3. The van der Waals surface area contributed by atoms with Gasteiger partial charge in [-0.1, -0.05) is 0 Å². The highest BCUT2D eigenvalue weighted by molar-refractivity contribution is 14.1. The summed E-state index contributed by atoms with van der Waals surface area (Å²) in [5, 5.41) is 4.05. The SMILES string of the molecule is Cn1ncc(C(=O)N2CCCOC2)c1I. The van der Waals surface area contributed by atoms with Gasteiger partial charge in [0.2, 0.25) is 0 Å². The van der Waals surface area contributed by atoms with Crippen molar-refractivity contribution >= 4 is 28.5 Å². The van der Waals surface area contributed by atoms with Gasteiger partial charge >= 0.3 is 0 Å². The van der Waals surface area contributed by atoms with E-state index in [2.05, 4.69) is 27.7 Å². The first-order chi connectivity index (χ1) is 7.20. The Bertz CT molecular complexity index is 371. The molecular weight excluding hydrogens is 309 g/mol. The van der Waals surface area contributed by atoms with Crippen molar-refractivity contribution in [2.45, 2.75) is 6.42 Å². The summed E-state index contributed by atoms with van der Waals surface area (Å²) in [5.74, 6) is 0.00667. The van der Waals surface area contributed by atoms with Gasteiger partial charge in [-0.15, -0.1) is 0 Å². The van der Waals surface area contributed by atoms with E-state index in [1.165, 1.54) is 0 Å². The van der Waals surface area contributed by atoms with E-state index in [1.54, 1.807) is 15.8 Å². The first kappa shape index (κ1) is 10.9. The highest BCUT2D eigenvalue weighted by atomic mass is 127. The minimum Gasteiger partial charge on any atom is -0.361 e. The van der Waals surface area contributed by atoms with Crippen molar-refractivity contribution in [2.24, 2.45) is 7.05 Å². The number of carbonyl (C=O) groups excluding carboxylic acids is 1. The van der Waals surface area contributed by atoms with Crippen LogP contribution in [0.15, 0.2) is 6.20 Å². The molecule has 0 saturated carbocycles. The molecule has 0 spiro atoms. The largest absolute Gasteiger partial charge is 0.361 e. The van der Waals surface area contributed by atoms with E-state index in [9.17, 15) is 4.79 Å². The second-order valence-corrected chi connectivity index (χ2v) is 4.45. The van der Waals surface area contributed by atoms with Crippen LogP contribution in [0.4, 0.5) is 0 Å². The maximum Gasteiger partial charge on any atom is 0.259 e. The molecule has 0 unspecified atom stereocenters. The second-order valence-electron chi connectivity index (χ2n) is 3.43. The fraction of sp³-hybridized carbons (Fsp3) is 0.556. The van der Waals surface area contributed by atoms with Crippen LogP contribution in [0.3, 0.4) is 0 Å². The number of nitrogens with zero attached hydrogens (tertiary/aromatic N) is 3. The van der Waals surface area contributed by atoms with Gasteiger partial charge in [-0.05, 0) is 29.0 Å². The minimum absolute atomic E-state index is 0.00667. The second kappa shape index (κ2) is 4.48. The van der Waals surface area contributed by atoms with Crippen molar-refractivity contribution in [1.82, 2.24) is 14.7 Å². The first-order valence-corrected chi connectivity index (χ1v) is 5.82. The first-order valence-electron chi connectivity index (χ1n) is 4.74. The lowest BCUT2D eigenvalue weighted by molar-refractivity contribution is -0.00577. The summed E-state index contributed by atoms with van der Waals surface area (Å²) in [6.07, 6.45) is 2.52. The number of aromatic nitrogens is 2. The summed E-state index contributed by atoms with van der Waals surface area (Å²) in [6, 6.07) is 0. The van der Waals surface area contributed by atoms with Crippen LogP contribution >= 0.6 is 22.6 Å². The molecule has 1 aromatic rings. The van der Waals surface area contributed by atoms with Crippen molar-refractivity contribution < 1.29 is 9.53 Å². The summed E-state index contributed by atoms with van der Waals surface area (Å²) in [7, 11) is 1.82. The van der Waals surface area contributed by atoms with Crippen molar-refractivity contribution in [2.75, 3.05) is 19.9 Å². The number of carbonyl (C=O) groups is 1. The van der Waals surface area contributed by atoms with Crippen LogP contribution in [0.5, 0.6) is 0 Å². The molecule has 1 aliphatic heterocycles. The highest BCUT2D eigenvalue weighted by Crippen LogP contribution is 2.14. The number of hydrogen-bond acceptors (Lipinski definition) is 3. The maximum absolute atomic E-state index is 12.0. The lowest BCUT2D eigenvalue weighted by Gasteiger charge is -2.26. The number of amides is 1. The Kier molecular flexibility index (Phi) is 3.25. The van der Waals surface area contributed by atoms with Gasteiger partial charge in [-0.3, -0.25) is 9.48 Å². The van der Waals surface area contributed by atoms with E-state index in [-0.39, 0.29) is 5.91 Å².